The van der Waals surface area contributed by atoms with E-state index >= 15 is 0 Å². The maximum absolute atomic E-state index is 13.0. The molecule has 0 radical (unpaired) electrons. The van der Waals surface area contributed by atoms with Crippen molar-refractivity contribution in [3.05, 3.63) is 71.6 Å². The minimum atomic E-state index is -0.808. The Morgan fingerprint density at radius 1 is 1.08 bits per heavy atom. The standard InChI is InChI=1S/C22H17BrN4O9S/c23-14-1-3-17(36-18-4-2-15(26(31)32)11-16(18)27(33)34)13(9-14)10-19-21(29)25(22(30)37-19)12-20(28)24-5-7-35-8-6-24/h1-4,9-11H,5-8,12H2/b19-10-. The molecule has 15 heteroatoms. The third-order valence-electron chi connectivity index (χ3n) is 5.36. The molecule has 2 aliphatic heterocycles. The van der Waals surface area contributed by atoms with Crippen LogP contribution in [0.15, 0.2) is 45.8 Å². The summed E-state index contributed by atoms with van der Waals surface area (Å²) in [5.41, 5.74) is -0.799. The molecule has 0 atom stereocenters. The van der Waals surface area contributed by atoms with Crippen molar-refractivity contribution in [2.24, 2.45) is 0 Å². The summed E-state index contributed by atoms with van der Waals surface area (Å²) in [4.78, 5) is 61.3. The number of nitro benzene ring substituents is 2. The average molecular weight is 593 g/mol. The number of halogens is 1. The lowest BCUT2D eigenvalue weighted by atomic mass is 10.1. The van der Waals surface area contributed by atoms with Gasteiger partial charge in [-0.1, -0.05) is 15.9 Å². The van der Waals surface area contributed by atoms with E-state index in [1.54, 1.807) is 12.1 Å². The van der Waals surface area contributed by atoms with Gasteiger partial charge in [0.15, 0.2) is 0 Å². The molecular formula is C22H17BrN4O9S. The van der Waals surface area contributed by atoms with Gasteiger partial charge < -0.3 is 14.4 Å². The number of nitro groups is 2. The van der Waals surface area contributed by atoms with Crippen LogP contribution < -0.4 is 4.74 Å². The second kappa shape index (κ2) is 11.1. The normalized spacial score (nSPS) is 16.8. The fraction of sp³-hybridized carbons (Fsp3) is 0.227. The van der Waals surface area contributed by atoms with Crippen molar-refractivity contribution in [3.63, 3.8) is 0 Å². The molecule has 2 saturated heterocycles. The van der Waals surface area contributed by atoms with Gasteiger partial charge in [-0.05, 0) is 42.1 Å². The van der Waals surface area contributed by atoms with Crippen LogP contribution in [0.2, 0.25) is 0 Å². The van der Waals surface area contributed by atoms with Gasteiger partial charge in [0.25, 0.3) is 16.8 Å². The fourth-order valence-electron chi connectivity index (χ4n) is 3.52. The van der Waals surface area contributed by atoms with Crippen LogP contribution in [0.1, 0.15) is 5.56 Å². The van der Waals surface area contributed by atoms with E-state index in [-0.39, 0.29) is 22.3 Å². The Balaban J connectivity index is 1.60. The summed E-state index contributed by atoms with van der Waals surface area (Å²) >= 11 is 3.96. The highest BCUT2D eigenvalue weighted by Crippen LogP contribution is 2.39. The van der Waals surface area contributed by atoms with E-state index < -0.39 is 38.9 Å². The lowest BCUT2D eigenvalue weighted by Gasteiger charge is -2.28. The number of benzene rings is 2. The van der Waals surface area contributed by atoms with Crippen LogP contribution in [0.4, 0.5) is 16.2 Å². The van der Waals surface area contributed by atoms with E-state index in [0.29, 0.717) is 48.1 Å². The third-order valence-corrected chi connectivity index (χ3v) is 6.76. The van der Waals surface area contributed by atoms with Crippen molar-refractivity contribution in [1.82, 2.24) is 9.80 Å². The summed E-state index contributed by atoms with van der Waals surface area (Å²) in [6, 6.07) is 7.60. The molecule has 0 N–H and O–H groups in total. The van der Waals surface area contributed by atoms with E-state index in [9.17, 15) is 34.6 Å². The van der Waals surface area contributed by atoms with Crippen LogP contribution in [0.25, 0.3) is 6.08 Å². The molecule has 0 aliphatic carbocycles. The number of amides is 3. The van der Waals surface area contributed by atoms with Gasteiger partial charge in [0.2, 0.25) is 11.7 Å². The van der Waals surface area contributed by atoms with Crippen LogP contribution in [0, 0.1) is 20.2 Å². The van der Waals surface area contributed by atoms with Crippen LogP contribution >= 0.6 is 27.7 Å². The predicted octanol–water partition coefficient (Wildman–Crippen LogP) is 3.95. The first-order valence-electron chi connectivity index (χ1n) is 10.6. The average Bonchev–Trinajstić information content (AvgIpc) is 3.13. The first kappa shape index (κ1) is 26.2. The molecule has 3 amide bonds. The Morgan fingerprint density at radius 2 is 1.78 bits per heavy atom. The summed E-state index contributed by atoms with van der Waals surface area (Å²) in [6.45, 7) is 1.11. The predicted molar refractivity (Wildman–Crippen MR) is 134 cm³/mol. The van der Waals surface area contributed by atoms with Gasteiger partial charge in [0.1, 0.15) is 12.3 Å². The van der Waals surface area contributed by atoms with Gasteiger partial charge >= 0.3 is 5.69 Å². The highest BCUT2D eigenvalue weighted by Gasteiger charge is 2.37. The van der Waals surface area contributed by atoms with Crippen molar-refractivity contribution in [3.8, 4) is 11.5 Å². The number of carbonyl (C=O) groups is 3. The molecule has 2 aromatic rings. The smallest absolute Gasteiger partial charge is 0.318 e. The largest absolute Gasteiger partial charge is 0.449 e. The molecule has 2 aliphatic rings. The Morgan fingerprint density at radius 3 is 2.46 bits per heavy atom. The maximum atomic E-state index is 13.0. The van der Waals surface area contributed by atoms with Crippen molar-refractivity contribution in [2.75, 3.05) is 32.8 Å². The lowest BCUT2D eigenvalue weighted by molar-refractivity contribution is -0.394. The molecule has 0 unspecified atom stereocenters. The Kier molecular flexibility index (Phi) is 7.85. The molecule has 0 bridgehead atoms. The Bertz CT molecular complexity index is 1340. The molecule has 0 saturated carbocycles. The summed E-state index contributed by atoms with van der Waals surface area (Å²) in [5.74, 6) is -1.19. The quantitative estimate of drug-likeness (QED) is 0.261. The van der Waals surface area contributed by atoms with Crippen molar-refractivity contribution in [1.29, 1.82) is 0 Å². The number of nitrogens with zero attached hydrogens (tertiary/aromatic N) is 4. The van der Waals surface area contributed by atoms with Gasteiger partial charge in [-0.25, -0.2) is 0 Å². The number of carbonyl (C=O) groups excluding carboxylic acids is 3. The van der Waals surface area contributed by atoms with Gasteiger partial charge in [-0.2, -0.15) is 0 Å². The first-order valence-corrected chi connectivity index (χ1v) is 12.3. The summed E-state index contributed by atoms with van der Waals surface area (Å²) in [5, 5.41) is 21.9. The molecular weight excluding hydrogens is 576 g/mol. The SMILES string of the molecule is O=C(CN1C(=O)S/C(=C\c2cc(Br)ccc2Oc2ccc([N+](=O)[O-])cc2[N+](=O)[O-])C1=O)N1CCOCC1. The highest BCUT2D eigenvalue weighted by molar-refractivity contribution is 9.10. The molecule has 2 aromatic carbocycles. The molecule has 192 valence electrons. The van der Waals surface area contributed by atoms with Gasteiger partial charge in [0.05, 0.1) is 34.0 Å². The molecule has 37 heavy (non-hydrogen) atoms. The second-order valence-electron chi connectivity index (χ2n) is 7.71. The van der Waals surface area contributed by atoms with Gasteiger partial charge in [0, 0.05) is 29.2 Å². The van der Waals surface area contributed by atoms with E-state index in [0.717, 1.165) is 23.1 Å². The zero-order valence-electron chi connectivity index (χ0n) is 18.8. The molecule has 2 fully saturated rings. The zero-order chi connectivity index (χ0) is 26.7. The van der Waals surface area contributed by atoms with Crippen LogP contribution in [-0.4, -0.2) is 69.5 Å². The van der Waals surface area contributed by atoms with E-state index in [1.165, 1.54) is 17.0 Å². The molecule has 4 rings (SSSR count). The topological polar surface area (TPSA) is 162 Å². The summed E-state index contributed by atoms with van der Waals surface area (Å²) in [6.07, 6.45) is 1.38. The number of non-ortho nitro benzene ring substituents is 1. The first-order chi connectivity index (χ1) is 17.6. The number of hydrogen-bond donors (Lipinski definition) is 0. The van der Waals surface area contributed by atoms with E-state index in [1.807, 2.05) is 0 Å². The van der Waals surface area contributed by atoms with Crippen LogP contribution in [-0.2, 0) is 14.3 Å². The van der Waals surface area contributed by atoms with Gasteiger partial charge in [-0.3, -0.25) is 39.5 Å². The van der Waals surface area contributed by atoms with Crippen LogP contribution in [0.5, 0.6) is 11.5 Å². The number of rotatable bonds is 7. The number of hydrogen-bond acceptors (Lipinski definition) is 10. The molecule has 0 spiro atoms. The fourth-order valence-corrected chi connectivity index (χ4v) is 4.73. The summed E-state index contributed by atoms with van der Waals surface area (Å²) in [7, 11) is 0. The molecule has 2 heterocycles. The van der Waals surface area contributed by atoms with Crippen molar-refractivity contribution >= 4 is 62.2 Å². The maximum Gasteiger partial charge on any atom is 0.318 e. The number of thioether (sulfide) groups is 1. The third kappa shape index (κ3) is 5.95. The Hall–Kier alpha value is -3.82. The van der Waals surface area contributed by atoms with Crippen LogP contribution in [0.3, 0.4) is 0 Å². The minimum Gasteiger partial charge on any atom is -0.449 e. The Labute approximate surface area is 221 Å². The number of ether oxygens (including phenoxy) is 2. The second-order valence-corrected chi connectivity index (χ2v) is 9.62. The summed E-state index contributed by atoms with van der Waals surface area (Å²) < 4.78 is 11.5. The van der Waals surface area contributed by atoms with Crippen molar-refractivity contribution < 1.29 is 33.7 Å². The lowest BCUT2D eigenvalue weighted by Crippen LogP contribution is -2.46. The minimum absolute atomic E-state index is 0.0286. The van der Waals surface area contributed by atoms with E-state index in [2.05, 4.69) is 15.9 Å². The monoisotopic (exact) mass is 592 g/mol. The number of imide groups is 1. The molecule has 13 nitrogen and oxygen atoms in total. The van der Waals surface area contributed by atoms with E-state index in [4.69, 9.17) is 9.47 Å². The number of morpholine rings is 1. The van der Waals surface area contributed by atoms with Gasteiger partial charge in [-0.15, -0.1) is 0 Å². The highest BCUT2D eigenvalue weighted by atomic mass is 79.9. The van der Waals surface area contributed by atoms with Crippen molar-refractivity contribution in [2.45, 2.75) is 0 Å². The zero-order valence-corrected chi connectivity index (χ0v) is 21.2. The molecule has 0 aromatic heterocycles.